The van der Waals surface area contributed by atoms with Crippen LogP contribution in [0.25, 0.3) is 43.7 Å². The minimum atomic E-state index is -0.00576. The van der Waals surface area contributed by atoms with Gasteiger partial charge in [-0.05, 0) is 76.1 Å². The largest absolute Gasteiger partial charge is 0.330 e. The first kappa shape index (κ1) is 30.6. The van der Waals surface area contributed by atoms with Gasteiger partial charge in [-0.2, -0.15) is 0 Å². The molecule has 10 aromatic rings. The first-order chi connectivity index (χ1) is 29.3. The van der Waals surface area contributed by atoms with Gasteiger partial charge < -0.3 is 19.1 Å². The van der Waals surface area contributed by atoms with E-state index in [1.54, 1.807) is 0 Å². The molecule has 0 fully saturated rings. The van der Waals surface area contributed by atoms with Gasteiger partial charge in [-0.15, -0.1) is 0 Å². The number of allylic oxidation sites excluding steroid dienone is 2. The third-order valence-electron chi connectivity index (χ3n) is 14.1. The van der Waals surface area contributed by atoms with Crippen molar-refractivity contribution in [3.05, 3.63) is 199 Å². The van der Waals surface area contributed by atoms with Crippen molar-refractivity contribution in [3.63, 3.8) is 0 Å². The fourth-order valence-corrected chi connectivity index (χ4v) is 12.0. The SMILES string of the molecule is C1=CC2c3ccc4c(c3N3c5ccccc5C(=C1)C23)N(c1ccccc1)c1cccc2c1B4c1ccc3c4cccc5c6ccccc6n(c3c1N2c1ccccc1)c54. The van der Waals surface area contributed by atoms with Crippen LogP contribution in [0, 0.1) is 0 Å². The average molecular weight is 749 g/mol. The molecule has 0 bridgehead atoms. The second-order valence-corrected chi connectivity index (χ2v) is 16.7. The Bertz CT molecular complexity index is 3550. The van der Waals surface area contributed by atoms with Crippen LogP contribution >= 0.6 is 0 Å². The van der Waals surface area contributed by atoms with Crippen LogP contribution < -0.4 is 31.1 Å². The lowest BCUT2D eigenvalue weighted by molar-refractivity contribution is 0.781. The van der Waals surface area contributed by atoms with Crippen molar-refractivity contribution in [2.24, 2.45) is 0 Å². The molecular weight excluding hydrogens is 715 g/mol. The molecule has 1 aliphatic carbocycles. The lowest BCUT2D eigenvalue weighted by atomic mass is 9.33. The summed E-state index contributed by atoms with van der Waals surface area (Å²) in [6.07, 6.45) is 7.08. The molecule has 4 aliphatic heterocycles. The Kier molecular flexibility index (Phi) is 5.56. The Balaban J connectivity index is 1.11. The average Bonchev–Trinajstić information content (AvgIpc) is 4.03. The number of aromatic nitrogens is 1. The van der Waals surface area contributed by atoms with Crippen LogP contribution in [-0.2, 0) is 0 Å². The highest BCUT2D eigenvalue weighted by atomic mass is 15.3. The summed E-state index contributed by atoms with van der Waals surface area (Å²) in [5.74, 6) is 0.270. The molecule has 2 unspecified atom stereocenters. The second kappa shape index (κ2) is 10.7. The molecule has 0 saturated heterocycles. The molecule has 0 spiro atoms. The standard InChI is InChI=1S/C54H33BN4/c1-3-14-32(15-4-1)56-46-26-13-27-47-48(46)55(42-30-28-40-38-22-11-20-36-34-18-7-9-24-44(34)58(49(36)38)51(40)53(42)56)43-31-29-41-39-23-12-21-37-35-19-8-10-25-45(35)59(50(37)39)52(41)54(43)57(47)33-16-5-2-6-17-33/h1-31,38,49H. The van der Waals surface area contributed by atoms with Crippen molar-refractivity contribution < 1.29 is 0 Å². The highest BCUT2D eigenvalue weighted by molar-refractivity contribution is 7.00. The number of hydrogen-bond acceptors (Lipinski definition) is 3. The molecule has 5 heteroatoms. The fourth-order valence-electron chi connectivity index (χ4n) is 12.0. The molecular formula is C54H33BN4. The summed E-state index contributed by atoms with van der Waals surface area (Å²) < 4.78 is 2.58. The Morgan fingerprint density at radius 2 is 1.07 bits per heavy atom. The molecule has 272 valence electrons. The molecule has 0 amide bonds. The van der Waals surface area contributed by atoms with Crippen LogP contribution in [0.2, 0.25) is 0 Å². The maximum atomic E-state index is 2.69. The molecule has 6 heterocycles. The van der Waals surface area contributed by atoms with Gasteiger partial charge in [0.05, 0.1) is 39.7 Å². The van der Waals surface area contributed by atoms with Gasteiger partial charge in [0.2, 0.25) is 0 Å². The van der Waals surface area contributed by atoms with Crippen molar-refractivity contribution in [2.45, 2.75) is 12.0 Å². The third-order valence-corrected chi connectivity index (χ3v) is 14.1. The zero-order valence-corrected chi connectivity index (χ0v) is 31.9. The van der Waals surface area contributed by atoms with E-state index in [4.69, 9.17) is 0 Å². The minimum Gasteiger partial charge on any atom is -0.330 e. The molecule has 5 aliphatic rings. The Labute approximate surface area is 341 Å². The van der Waals surface area contributed by atoms with Gasteiger partial charge in [0, 0.05) is 61.5 Å². The van der Waals surface area contributed by atoms with E-state index in [0.717, 1.165) is 5.69 Å². The molecule has 2 atom stereocenters. The summed E-state index contributed by atoms with van der Waals surface area (Å²) in [5.41, 5.74) is 22.0. The van der Waals surface area contributed by atoms with Crippen molar-refractivity contribution in [1.82, 2.24) is 4.40 Å². The van der Waals surface area contributed by atoms with E-state index in [-0.39, 0.29) is 18.7 Å². The predicted octanol–water partition coefficient (Wildman–Crippen LogP) is 11.5. The maximum absolute atomic E-state index is 2.69. The van der Waals surface area contributed by atoms with Gasteiger partial charge in [0.25, 0.3) is 6.71 Å². The number of anilines is 8. The van der Waals surface area contributed by atoms with Gasteiger partial charge in [0.15, 0.2) is 0 Å². The number of hydrogen-bond donors (Lipinski definition) is 0. The molecule has 0 saturated carbocycles. The monoisotopic (exact) mass is 748 g/mol. The lowest BCUT2D eigenvalue weighted by Gasteiger charge is -2.45. The Hall–Kier alpha value is -7.50. The Morgan fingerprint density at radius 3 is 1.88 bits per heavy atom. The summed E-state index contributed by atoms with van der Waals surface area (Å²) in [6.45, 7) is -0.00576. The molecule has 2 aromatic heterocycles. The molecule has 8 aromatic carbocycles. The molecule has 0 N–H and O–H groups in total. The number of rotatable bonds is 2. The van der Waals surface area contributed by atoms with Crippen molar-refractivity contribution in [3.8, 4) is 0 Å². The molecule has 59 heavy (non-hydrogen) atoms. The van der Waals surface area contributed by atoms with E-state index in [1.807, 2.05) is 0 Å². The molecule has 15 rings (SSSR count). The maximum Gasteiger partial charge on any atom is 0.252 e. The summed E-state index contributed by atoms with van der Waals surface area (Å²) in [7, 11) is 0. The number of nitrogens with zero attached hydrogens (tertiary/aromatic N) is 4. The van der Waals surface area contributed by atoms with E-state index in [9.17, 15) is 0 Å². The summed E-state index contributed by atoms with van der Waals surface area (Å²) in [4.78, 5) is 7.86. The van der Waals surface area contributed by atoms with Crippen molar-refractivity contribution in [1.29, 1.82) is 0 Å². The van der Waals surface area contributed by atoms with Gasteiger partial charge >= 0.3 is 0 Å². The van der Waals surface area contributed by atoms with Gasteiger partial charge in [-0.3, -0.25) is 0 Å². The zero-order chi connectivity index (χ0) is 38.1. The number of fused-ring (bicyclic) bond motifs is 18. The highest BCUT2D eigenvalue weighted by Gasteiger charge is 2.52. The van der Waals surface area contributed by atoms with Gasteiger partial charge in [-0.1, -0.05) is 140 Å². The fraction of sp³-hybridized carbons (Fsp3) is 0.0370. The smallest absolute Gasteiger partial charge is 0.252 e. The van der Waals surface area contributed by atoms with E-state index in [2.05, 4.69) is 207 Å². The quantitative estimate of drug-likeness (QED) is 0.164. The van der Waals surface area contributed by atoms with Crippen LogP contribution in [-0.4, -0.2) is 17.2 Å². The lowest BCUT2D eigenvalue weighted by Crippen LogP contribution is -2.61. The van der Waals surface area contributed by atoms with Crippen LogP contribution in [0.3, 0.4) is 0 Å². The van der Waals surface area contributed by atoms with Gasteiger partial charge in [-0.25, -0.2) is 0 Å². The second-order valence-electron chi connectivity index (χ2n) is 16.7. The van der Waals surface area contributed by atoms with Crippen molar-refractivity contribution >= 4 is 112 Å². The van der Waals surface area contributed by atoms with Crippen LogP contribution in [0.5, 0.6) is 0 Å². The summed E-state index contributed by atoms with van der Waals surface area (Å²) in [5, 5.41) is 5.19. The topological polar surface area (TPSA) is 14.1 Å². The highest BCUT2D eigenvalue weighted by Crippen LogP contribution is 2.61. The normalized spacial score (nSPS) is 17.7. The Morgan fingerprint density at radius 1 is 0.458 bits per heavy atom. The summed E-state index contributed by atoms with van der Waals surface area (Å²) in [6, 6.07) is 64.1. The first-order valence-corrected chi connectivity index (χ1v) is 20.8. The van der Waals surface area contributed by atoms with E-state index >= 15 is 0 Å². The van der Waals surface area contributed by atoms with Crippen LogP contribution in [0.1, 0.15) is 17.0 Å². The first-order valence-electron chi connectivity index (χ1n) is 20.8. The third kappa shape index (κ3) is 3.57. The van der Waals surface area contributed by atoms with E-state index in [0.29, 0.717) is 0 Å². The van der Waals surface area contributed by atoms with E-state index in [1.165, 1.54) is 111 Å². The number of para-hydroxylation sites is 5. The van der Waals surface area contributed by atoms with Gasteiger partial charge in [0.1, 0.15) is 0 Å². The van der Waals surface area contributed by atoms with Crippen LogP contribution in [0.4, 0.5) is 45.5 Å². The van der Waals surface area contributed by atoms with Crippen molar-refractivity contribution in [2.75, 3.05) is 14.7 Å². The van der Waals surface area contributed by atoms with E-state index < -0.39 is 0 Å². The number of benzene rings is 8. The summed E-state index contributed by atoms with van der Waals surface area (Å²) >= 11 is 0. The predicted molar refractivity (Wildman–Crippen MR) is 247 cm³/mol. The molecule has 4 nitrogen and oxygen atoms in total. The zero-order valence-electron chi connectivity index (χ0n) is 31.9. The molecule has 0 radical (unpaired) electrons. The van der Waals surface area contributed by atoms with Crippen LogP contribution in [0.15, 0.2) is 188 Å². The minimum absolute atomic E-state index is 0.00576.